The summed E-state index contributed by atoms with van der Waals surface area (Å²) < 4.78 is 0. The van der Waals surface area contributed by atoms with Crippen LogP contribution in [0.15, 0.2) is 0 Å². The summed E-state index contributed by atoms with van der Waals surface area (Å²) in [5.74, 6) is -0.0607. The number of amides is 1. The highest BCUT2D eigenvalue weighted by Crippen LogP contribution is 1.93. The lowest BCUT2D eigenvalue weighted by atomic mass is 10.1. The molecule has 0 aromatic heterocycles. The third kappa shape index (κ3) is 10.5. The summed E-state index contributed by atoms with van der Waals surface area (Å²) in [5.41, 5.74) is 11.1. The van der Waals surface area contributed by atoms with Gasteiger partial charge in [-0.1, -0.05) is 19.8 Å². The zero-order chi connectivity index (χ0) is 13.6. The summed E-state index contributed by atoms with van der Waals surface area (Å²) in [4.78, 5) is 11.5. The van der Waals surface area contributed by atoms with Crippen molar-refractivity contribution in [3.63, 3.8) is 0 Å². The van der Waals surface area contributed by atoms with Crippen molar-refractivity contribution >= 4 is 5.91 Å². The van der Waals surface area contributed by atoms with Gasteiger partial charge in [0.2, 0.25) is 5.91 Å². The second-order valence-corrected chi connectivity index (χ2v) is 4.64. The minimum atomic E-state index is -0.411. The van der Waals surface area contributed by atoms with Gasteiger partial charge in [0.25, 0.3) is 0 Å². The van der Waals surface area contributed by atoms with Gasteiger partial charge in [-0.15, -0.1) is 0 Å². The van der Waals surface area contributed by atoms with Crippen LogP contribution in [0.4, 0.5) is 0 Å². The standard InChI is InChI=1S/C13H30N4O/c1-2-3-4-9-16-10-6-11-17-13(18)12(15)7-5-8-14/h12,16H,2-11,14-15H2,1H3,(H,17,18). The molecule has 18 heavy (non-hydrogen) atoms. The Morgan fingerprint density at radius 1 is 1.11 bits per heavy atom. The average Bonchev–Trinajstić information content (AvgIpc) is 2.38. The molecule has 0 bridgehead atoms. The van der Waals surface area contributed by atoms with Gasteiger partial charge < -0.3 is 22.1 Å². The van der Waals surface area contributed by atoms with Crippen LogP contribution in [0.25, 0.3) is 0 Å². The molecule has 5 heteroatoms. The highest BCUT2D eigenvalue weighted by molar-refractivity contribution is 5.81. The number of carbonyl (C=O) groups is 1. The van der Waals surface area contributed by atoms with Gasteiger partial charge in [-0.25, -0.2) is 0 Å². The molecule has 1 unspecified atom stereocenters. The predicted molar refractivity (Wildman–Crippen MR) is 76.3 cm³/mol. The molecule has 0 heterocycles. The van der Waals surface area contributed by atoms with E-state index in [-0.39, 0.29) is 5.91 Å². The summed E-state index contributed by atoms with van der Waals surface area (Å²) in [6.45, 7) is 5.49. The van der Waals surface area contributed by atoms with Gasteiger partial charge in [0.1, 0.15) is 0 Å². The second kappa shape index (κ2) is 12.8. The van der Waals surface area contributed by atoms with Crippen molar-refractivity contribution in [1.82, 2.24) is 10.6 Å². The maximum Gasteiger partial charge on any atom is 0.236 e. The molecule has 0 radical (unpaired) electrons. The number of nitrogens with one attached hydrogen (secondary N) is 2. The Hall–Kier alpha value is -0.650. The van der Waals surface area contributed by atoms with Crippen LogP contribution in [0.1, 0.15) is 45.4 Å². The summed E-state index contributed by atoms with van der Waals surface area (Å²) in [7, 11) is 0. The quantitative estimate of drug-likeness (QED) is 0.380. The first-order valence-corrected chi connectivity index (χ1v) is 7.16. The van der Waals surface area contributed by atoms with Crippen LogP contribution in [-0.2, 0) is 4.79 Å². The Labute approximate surface area is 111 Å². The summed E-state index contributed by atoms with van der Waals surface area (Å²) in [6, 6.07) is -0.411. The number of hydrogen-bond acceptors (Lipinski definition) is 4. The molecule has 0 aliphatic heterocycles. The van der Waals surface area contributed by atoms with Crippen LogP contribution < -0.4 is 22.1 Å². The summed E-state index contributed by atoms with van der Waals surface area (Å²) >= 11 is 0. The minimum absolute atomic E-state index is 0.0607. The van der Waals surface area contributed by atoms with Crippen LogP contribution in [-0.4, -0.2) is 38.1 Å². The van der Waals surface area contributed by atoms with Crippen LogP contribution >= 0.6 is 0 Å². The van der Waals surface area contributed by atoms with E-state index >= 15 is 0 Å². The topological polar surface area (TPSA) is 93.2 Å². The van der Waals surface area contributed by atoms with Gasteiger partial charge in [0.15, 0.2) is 0 Å². The molecular formula is C13H30N4O. The fourth-order valence-electron chi connectivity index (χ4n) is 1.65. The Balaban J connectivity index is 3.29. The first-order valence-electron chi connectivity index (χ1n) is 7.16. The van der Waals surface area contributed by atoms with E-state index in [9.17, 15) is 4.79 Å². The molecule has 0 rings (SSSR count). The fraction of sp³-hybridized carbons (Fsp3) is 0.923. The zero-order valence-corrected chi connectivity index (χ0v) is 11.7. The molecule has 1 amide bonds. The molecule has 0 aromatic rings. The lowest BCUT2D eigenvalue weighted by Gasteiger charge is -2.11. The number of hydrogen-bond donors (Lipinski definition) is 4. The Bertz CT molecular complexity index is 199. The molecule has 108 valence electrons. The van der Waals surface area contributed by atoms with E-state index in [2.05, 4.69) is 17.6 Å². The normalized spacial score (nSPS) is 12.4. The Morgan fingerprint density at radius 3 is 2.50 bits per heavy atom. The number of unbranched alkanes of at least 4 members (excludes halogenated alkanes) is 2. The predicted octanol–water partition coefficient (Wildman–Crippen LogP) is 0.339. The van der Waals surface area contributed by atoms with Crippen LogP contribution in [0.3, 0.4) is 0 Å². The highest BCUT2D eigenvalue weighted by atomic mass is 16.2. The molecule has 1 atom stereocenters. The Morgan fingerprint density at radius 2 is 1.83 bits per heavy atom. The molecule has 0 saturated heterocycles. The molecule has 0 fully saturated rings. The highest BCUT2D eigenvalue weighted by Gasteiger charge is 2.11. The van der Waals surface area contributed by atoms with E-state index in [1.54, 1.807) is 0 Å². The molecule has 0 spiro atoms. The lowest BCUT2D eigenvalue weighted by Crippen LogP contribution is -2.41. The van der Waals surface area contributed by atoms with Crippen molar-refractivity contribution in [2.45, 2.75) is 51.5 Å². The number of nitrogens with two attached hydrogens (primary N) is 2. The molecule has 5 nitrogen and oxygen atoms in total. The first-order chi connectivity index (χ1) is 8.72. The third-order valence-corrected chi connectivity index (χ3v) is 2.84. The number of carbonyl (C=O) groups excluding carboxylic acids is 1. The van der Waals surface area contributed by atoms with Gasteiger partial charge in [-0.2, -0.15) is 0 Å². The van der Waals surface area contributed by atoms with E-state index in [1.165, 1.54) is 19.3 Å². The lowest BCUT2D eigenvalue weighted by molar-refractivity contribution is -0.122. The third-order valence-electron chi connectivity index (χ3n) is 2.84. The van der Waals surface area contributed by atoms with Crippen molar-refractivity contribution in [2.75, 3.05) is 26.2 Å². The number of rotatable bonds is 12. The largest absolute Gasteiger partial charge is 0.355 e. The SMILES string of the molecule is CCCCCNCCCNC(=O)C(N)CCCN. The van der Waals surface area contributed by atoms with Gasteiger partial charge in [0.05, 0.1) is 6.04 Å². The van der Waals surface area contributed by atoms with Gasteiger partial charge in [0, 0.05) is 6.54 Å². The van der Waals surface area contributed by atoms with Crippen molar-refractivity contribution < 1.29 is 4.79 Å². The maximum atomic E-state index is 11.5. The smallest absolute Gasteiger partial charge is 0.236 e. The molecular weight excluding hydrogens is 228 g/mol. The van der Waals surface area contributed by atoms with Crippen LogP contribution in [0.2, 0.25) is 0 Å². The second-order valence-electron chi connectivity index (χ2n) is 4.64. The van der Waals surface area contributed by atoms with E-state index < -0.39 is 6.04 Å². The van der Waals surface area contributed by atoms with E-state index in [1.807, 2.05) is 0 Å². The first kappa shape index (κ1) is 17.4. The monoisotopic (exact) mass is 258 g/mol. The van der Waals surface area contributed by atoms with Crippen LogP contribution in [0.5, 0.6) is 0 Å². The van der Waals surface area contributed by atoms with E-state index in [0.29, 0.717) is 19.5 Å². The molecule has 6 N–H and O–H groups in total. The maximum absolute atomic E-state index is 11.5. The molecule has 0 aliphatic rings. The molecule has 0 saturated carbocycles. The van der Waals surface area contributed by atoms with Crippen molar-refractivity contribution in [2.24, 2.45) is 11.5 Å². The van der Waals surface area contributed by atoms with Crippen molar-refractivity contribution in [3.8, 4) is 0 Å². The van der Waals surface area contributed by atoms with Crippen molar-refractivity contribution in [3.05, 3.63) is 0 Å². The summed E-state index contributed by atoms with van der Waals surface area (Å²) in [5, 5.41) is 6.21. The average molecular weight is 258 g/mol. The van der Waals surface area contributed by atoms with Gasteiger partial charge in [-0.05, 0) is 45.3 Å². The van der Waals surface area contributed by atoms with E-state index in [0.717, 1.165) is 25.9 Å². The summed E-state index contributed by atoms with van der Waals surface area (Å²) in [6.07, 6.45) is 6.16. The molecule has 0 aliphatic carbocycles. The van der Waals surface area contributed by atoms with Crippen molar-refractivity contribution in [1.29, 1.82) is 0 Å². The van der Waals surface area contributed by atoms with Crippen LogP contribution in [0, 0.1) is 0 Å². The van der Waals surface area contributed by atoms with E-state index in [4.69, 9.17) is 11.5 Å². The molecule has 0 aromatic carbocycles. The Kier molecular flexibility index (Phi) is 12.3. The fourth-order valence-corrected chi connectivity index (χ4v) is 1.65. The van der Waals surface area contributed by atoms with Gasteiger partial charge in [-0.3, -0.25) is 4.79 Å². The van der Waals surface area contributed by atoms with Gasteiger partial charge >= 0.3 is 0 Å². The minimum Gasteiger partial charge on any atom is -0.355 e. The zero-order valence-electron chi connectivity index (χ0n) is 11.7.